The molecule has 47 heavy (non-hydrogen) atoms. The van der Waals surface area contributed by atoms with Gasteiger partial charge in [0, 0.05) is 37.0 Å². The monoisotopic (exact) mass is 672 g/mol. The van der Waals surface area contributed by atoms with E-state index in [1.54, 1.807) is 0 Å². The largest absolute Gasteiger partial charge is 0.493 e. The van der Waals surface area contributed by atoms with Crippen molar-refractivity contribution in [2.24, 2.45) is 0 Å². The van der Waals surface area contributed by atoms with Crippen LogP contribution in [0.3, 0.4) is 0 Å². The Balaban J connectivity index is 1.82. The van der Waals surface area contributed by atoms with Crippen LogP contribution in [0.2, 0.25) is 5.02 Å². The van der Waals surface area contributed by atoms with Gasteiger partial charge in [0.2, 0.25) is 0 Å². The molecule has 0 N–H and O–H groups in total. The lowest BCUT2D eigenvalue weighted by atomic mass is 9.76. The van der Waals surface area contributed by atoms with Gasteiger partial charge in [0.05, 0.1) is 13.2 Å². The molecule has 1 spiro atoms. The third kappa shape index (κ3) is 10.2. The highest BCUT2D eigenvalue weighted by Crippen LogP contribution is 2.50. The molecule has 2 aliphatic rings. The molecule has 0 unspecified atom stereocenters. The third-order valence-electron chi connectivity index (χ3n) is 9.53. The van der Waals surface area contributed by atoms with Crippen molar-refractivity contribution in [3.05, 3.63) is 63.7 Å². The minimum Gasteiger partial charge on any atom is -0.493 e. The summed E-state index contributed by atoms with van der Waals surface area (Å²) in [6.45, 7) is 14.6. The Hall–Kier alpha value is -1.67. The fraction of sp³-hybridized carbons (Fsp3) is 0.700. The molecule has 0 bridgehead atoms. The van der Waals surface area contributed by atoms with E-state index in [0.717, 1.165) is 93.9 Å². The van der Waals surface area contributed by atoms with Crippen LogP contribution >= 0.6 is 11.6 Å². The number of fused-ring (bicyclic) bond motifs is 2. The molecule has 0 radical (unpaired) electrons. The average Bonchev–Trinajstić information content (AvgIpc) is 3.25. The zero-order valence-corrected chi connectivity index (χ0v) is 30.6. The molecular formula is C40H61ClO6. The Morgan fingerprint density at radius 1 is 0.766 bits per heavy atom. The summed E-state index contributed by atoms with van der Waals surface area (Å²) >= 11 is 7.01. The van der Waals surface area contributed by atoms with E-state index >= 15 is 0 Å². The van der Waals surface area contributed by atoms with Crippen LogP contribution < -0.4 is 4.74 Å². The van der Waals surface area contributed by atoms with Crippen LogP contribution in [0.25, 0.3) is 0 Å². The molecule has 7 heteroatoms. The number of benzene rings is 2. The maximum Gasteiger partial charge on any atom is 0.126 e. The molecule has 1 fully saturated rings. The van der Waals surface area contributed by atoms with Crippen LogP contribution in [0.4, 0.5) is 0 Å². The number of ether oxygens (including phenoxy) is 6. The van der Waals surface area contributed by atoms with Gasteiger partial charge in [-0.3, -0.25) is 0 Å². The summed E-state index contributed by atoms with van der Waals surface area (Å²) in [4.78, 5) is 0. The average molecular weight is 673 g/mol. The SMILES string of the molecule is CCCCOC[C@H]1O[C@]2(CCCOc3cc(Cl)c(Cc4ccc(CC)cc4)cc32)[C@H](OCCCC)[C@@H](OCCCC)[C@@H]1OCCCC. The molecule has 264 valence electrons. The highest BCUT2D eigenvalue weighted by molar-refractivity contribution is 6.31. The van der Waals surface area contributed by atoms with Crippen LogP contribution in [0.1, 0.15) is 121 Å². The second-order valence-electron chi connectivity index (χ2n) is 13.2. The van der Waals surface area contributed by atoms with Gasteiger partial charge in [0.15, 0.2) is 0 Å². The molecule has 0 amide bonds. The van der Waals surface area contributed by atoms with Crippen LogP contribution in [0.15, 0.2) is 36.4 Å². The topological polar surface area (TPSA) is 55.4 Å². The van der Waals surface area contributed by atoms with Crippen molar-refractivity contribution in [2.75, 3.05) is 39.6 Å². The van der Waals surface area contributed by atoms with Crippen molar-refractivity contribution < 1.29 is 28.4 Å². The summed E-state index contributed by atoms with van der Waals surface area (Å²) in [7, 11) is 0. The first-order chi connectivity index (χ1) is 23.0. The molecule has 2 aromatic carbocycles. The number of halogens is 1. The fourth-order valence-corrected chi connectivity index (χ4v) is 6.91. The third-order valence-corrected chi connectivity index (χ3v) is 9.88. The molecule has 0 aromatic heterocycles. The normalized spacial score (nSPS) is 24.2. The highest BCUT2D eigenvalue weighted by Gasteiger charge is 2.58. The van der Waals surface area contributed by atoms with E-state index in [9.17, 15) is 0 Å². The quantitative estimate of drug-likeness (QED) is 0.131. The predicted molar refractivity (Wildman–Crippen MR) is 191 cm³/mol. The van der Waals surface area contributed by atoms with Gasteiger partial charge in [-0.15, -0.1) is 0 Å². The summed E-state index contributed by atoms with van der Waals surface area (Å²) in [5, 5.41) is 0.704. The van der Waals surface area contributed by atoms with Crippen molar-refractivity contribution in [3.8, 4) is 5.75 Å². The molecule has 0 aliphatic carbocycles. The summed E-state index contributed by atoms with van der Waals surface area (Å²) in [6, 6.07) is 13.1. The van der Waals surface area contributed by atoms with E-state index in [1.807, 2.05) is 6.07 Å². The Kier molecular flexibility index (Phi) is 16.3. The lowest BCUT2D eigenvalue weighted by molar-refractivity contribution is -0.309. The van der Waals surface area contributed by atoms with Gasteiger partial charge in [-0.05, 0) is 80.2 Å². The zero-order chi connectivity index (χ0) is 33.5. The Bertz CT molecular complexity index is 1170. The molecule has 6 nitrogen and oxygen atoms in total. The van der Waals surface area contributed by atoms with Crippen LogP contribution in [-0.2, 0) is 42.1 Å². The molecule has 4 rings (SSSR count). The number of unbranched alkanes of at least 4 members (excludes halogenated alkanes) is 4. The lowest BCUT2D eigenvalue weighted by Crippen LogP contribution is -2.66. The molecule has 2 aliphatic heterocycles. The molecule has 0 saturated carbocycles. The number of rotatable bonds is 20. The van der Waals surface area contributed by atoms with Crippen molar-refractivity contribution in [2.45, 2.75) is 142 Å². The van der Waals surface area contributed by atoms with Crippen molar-refractivity contribution in [3.63, 3.8) is 0 Å². The van der Waals surface area contributed by atoms with E-state index in [0.29, 0.717) is 44.7 Å². The maximum absolute atomic E-state index is 7.42. The maximum atomic E-state index is 7.42. The lowest BCUT2D eigenvalue weighted by Gasteiger charge is -2.53. The van der Waals surface area contributed by atoms with E-state index in [4.69, 9.17) is 40.0 Å². The minimum atomic E-state index is -0.814. The van der Waals surface area contributed by atoms with E-state index in [2.05, 4.69) is 65.0 Å². The van der Waals surface area contributed by atoms with Crippen LogP contribution in [0, 0.1) is 0 Å². The second-order valence-corrected chi connectivity index (χ2v) is 13.6. The summed E-state index contributed by atoms with van der Waals surface area (Å²) in [5.74, 6) is 0.769. The second kappa shape index (κ2) is 20.1. The first-order valence-electron chi connectivity index (χ1n) is 18.6. The summed E-state index contributed by atoms with van der Waals surface area (Å²) in [5.41, 5.74) is 3.78. The van der Waals surface area contributed by atoms with E-state index in [1.165, 1.54) is 11.1 Å². The van der Waals surface area contributed by atoms with Crippen LogP contribution in [0.5, 0.6) is 5.75 Å². The van der Waals surface area contributed by atoms with Crippen molar-refractivity contribution in [1.82, 2.24) is 0 Å². The first-order valence-corrected chi connectivity index (χ1v) is 19.0. The molecule has 2 heterocycles. The van der Waals surface area contributed by atoms with Gasteiger partial charge >= 0.3 is 0 Å². The minimum absolute atomic E-state index is 0.311. The molecular weight excluding hydrogens is 612 g/mol. The Morgan fingerprint density at radius 2 is 1.38 bits per heavy atom. The van der Waals surface area contributed by atoms with Gasteiger partial charge < -0.3 is 28.4 Å². The fourth-order valence-electron chi connectivity index (χ4n) is 6.69. The van der Waals surface area contributed by atoms with Gasteiger partial charge in [0.1, 0.15) is 35.8 Å². The summed E-state index contributed by atoms with van der Waals surface area (Å²) < 4.78 is 40.7. The Labute approximate surface area is 290 Å². The highest BCUT2D eigenvalue weighted by atomic mass is 35.5. The summed E-state index contributed by atoms with van der Waals surface area (Å²) in [6.07, 6.45) is 10.1. The van der Waals surface area contributed by atoms with Crippen molar-refractivity contribution in [1.29, 1.82) is 0 Å². The first kappa shape index (κ1) is 38.1. The molecule has 5 atom stereocenters. The number of aryl methyl sites for hydroxylation is 1. The molecule has 1 saturated heterocycles. The number of hydrogen-bond donors (Lipinski definition) is 0. The van der Waals surface area contributed by atoms with Crippen LogP contribution in [-0.4, -0.2) is 64.1 Å². The van der Waals surface area contributed by atoms with Gasteiger partial charge in [0.25, 0.3) is 0 Å². The van der Waals surface area contributed by atoms with Gasteiger partial charge in [-0.25, -0.2) is 0 Å². The van der Waals surface area contributed by atoms with Gasteiger partial charge in [-0.1, -0.05) is 96.2 Å². The van der Waals surface area contributed by atoms with E-state index in [-0.39, 0.29) is 24.4 Å². The Morgan fingerprint density at radius 3 is 2.04 bits per heavy atom. The number of hydrogen-bond acceptors (Lipinski definition) is 6. The van der Waals surface area contributed by atoms with Gasteiger partial charge in [-0.2, -0.15) is 0 Å². The van der Waals surface area contributed by atoms with E-state index < -0.39 is 5.60 Å². The smallest absolute Gasteiger partial charge is 0.126 e. The van der Waals surface area contributed by atoms with Crippen molar-refractivity contribution >= 4 is 11.6 Å². The predicted octanol–water partition coefficient (Wildman–Crippen LogP) is 9.63. The zero-order valence-electron chi connectivity index (χ0n) is 29.8. The standard InChI is InChI=1S/C40H61ClO6/c1-6-11-21-42-29-36-37(44-22-12-7-2)38(45-23-13-8-3)39(46-24-14-9-4)40(47-36)20-15-25-43-35-28-34(41)32(27-33(35)40)26-31-18-16-30(10-5)17-19-31/h16-19,27-28,36-39H,6-15,20-26,29H2,1-5H3/t36-,37-,38+,39-,40+/m1/s1. The molecule has 2 aromatic rings.